The van der Waals surface area contributed by atoms with Crippen LogP contribution in [0, 0.1) is 0 Å². The van der Waals surface area contributed by atoms with Crippen molar-refractivity contribution in [3.8, 4) is 0 Å². The molecule has 0 aliphatic carbocycles. The van der Waals surface area contributed by atoms with Crippen LogP contribution in [0.3, 0.4) is 0 Å². The predicted molar refractivity (Wildman–Crippen MR) is 98.5 cm³/mol. The molecule has 0 aliphatic rings. The van der Waals surface area contributed by atoms with Crippen molar-refractivity contribution in [3.05, 3.63) is 0 Å². The van der Waals surface area contributed by atoms with Crippen molar-refractivity contribution >= 4 is 7.87 Å². The third-order valence-corrected chi connectivity index (χ3v) is 9.92. The van der Waals surface area contributed by atoms with Crippen LogP contribution < -0.4 is 0 Å². The summed E-state index contributed by atoms with van der Waals surface area (Å²) in [4.78, 5) is 0. The molecule has 0 atom stereocenters. The van der Waals surface area contributed by atoms with Crippen LogP contribution in [-0.2, 0) is 0 Å². The van der Waals surface area contributed by atoms with Crippen molar-refractivity contribution in [3.63, 3.8) is 0 Å². The van der Waals surface area contributed by atoms with Gasteiger partial charge in [0.1, 0.15) is 0 Å². The second kappa shape index (κ2) is 8.21. The van der Waals surface area contributed by atoms with E-state index in [2.05, 4.69) is 102 Å². The topological polar surface area (TPSA) is 13.0 Å². The van der Waals surface area contributed by atoms with Gasteiger partial charge in [0.15, 0.2) is 0 Å². The highest BCUT2D eigenvalue weighted by atomic mass is 31.2. The lowest BCUT2D eigenvalue weighted by molar-refractivity contribution is 0.230. The third-order valence-electron chi connectivity index (χ3n) is 4.68. The molecule has 0 aromatic heterocycles. The summed E-state index contributed by atoms with van der Waals surface area (Å²) in [6.45, 7) is 18.4. The summed E-state index contributed by atoms with van der Waals surface area (Å²) < 4.78 is 10.4. The summed E-state index contributed by atoms with van der Waals surface area (Å²) >= 11 is 0. The number of rotatable bonds is 8. The molecule has 0 spiro atoms. The minimum atomic E-state index is -1.75. The van der Waals surface area contributed by atoms with Crippen molar-refractivity contribution in [1.29, 1.82) is 0 Å². The summed E-state index contributed by atoms with van der Waals surface area (Å²) in [6, 6.07) is 2.01. The fourth-order valence-electron chi connectivity index (χ4n) is 2.57. The van der Waals surface area contributed by atoms with Gasteiger partial charge in [0.05, 0.1) is 0 Å². The molecule has 5 heteroatoms. The van der Waals surface area contributed by atoms with E-state index in [0.29, 0.717) is 24.2 Å². The van der Waals surface area contributed by atoms with Gasteiger partial charge in [-0.3, -0.25) is 0 Å². The number of nitrogens with zero attached hydrogens (tertiary/aromatic N) is 4. The average Bonchev–Trinajstić information content (AvgIpc) is 2.37. The quantitative estimate of drug-likeness (QED) is 0.626. The van der Waals surface area contributed by atoms with Crippen LogP contribution in [0.15, 0.2) is 0 Å². The van der Waals surface area contributed by atoms with Gasteiger partial charge in [-0.15, -0.1) is 18.7 Å². The van der Waals surface area contributed by atoms with Crippen LogP contribution >= 0.6 is 7.87 Å². The molecule has 0 heterocycles. The Bertz CT molecular complexity index is 243. The Morgan fingerprint density at radius 1 is 0.429 bits per heavy atom. The van der Waals surface area contributed by atoms with Gasteiger partial charge in [-0.1, -0.05) is 0 Å². The van der Waals surface area contributed by atoms with Crippen LogP contribution in [0.25, 0.3) is 0 Å². The molecule has 0 saturated carbocycles. The molecule has 4 nitrogen and oxygen atoms in total. The molecule has 0 aromatic rings. The first-order valence-corrected chi connectivity index (χ1v) is 9.84. The van der Waals surface area contributed by atoms with Crippen LogP contribution in [-0.4, -0.2) is 71.0 Å². The van der Waals surface area contributed by atoms with Crippen molar-refractivity contribution in [2.24, 2.45) is 0 Å². The summed E-state index contributed by atoms with van der Waals surface area (Å²) in [7, 11) is 7.40. The molecule has 21 heavy (non-hydrogen) atoms. The van der Waals surface area contributed by atoms with Gasteiger partial charge in [0.25, 0.3) is 0 Å². The van der Waals surface area contributed by atoms with E-state index in [1.54, 1.807) is 0 Å². The standard InChI is InChI=1S/C16H40N4P/c1-13(2)17(9)21(18(10)14(3)4,19(11)15(5)6)20(12)16(7)8/h13-16H,1-12H3/q+1. The Labute approximate surface area is 135 Å². The Morgan fingerprint density at radius 3 is 0.667 bits per heavy atom. The lowest BCUT2D eigenvalue weighted by atomic mass is 10.4. The van der Waals surface area contributed by atoms with Gasteiger partial charge in [0.2, 0.25) is 0 Å². The van der Waals surface area contributed by atoms with Crippen LogP contribution in [0.4, 0.5) is 0 Å². The molecular formula is C16H40N4P+. The first-order valence-electron chi connectivity index (χ1n) is 8.24. The van der Waals surface area contributed by atoms with Gasteiger partial charge in [-0.2, -0.15) is 0 Å². The minimum absolute atomic E-state index is 0.502. The smallest absolute Gasteiger partial charge is 0.134 e. The summed E-state index contributed by atoms with van der Waals surface area (Å²) in [6.07, 6.45) is 0. The lowest BCUT2D eigenvalue weighted by Gasteiger charge is -2.51. The number of hydrogen-bond donors (Lipinski definition) is 0. The van der Waals surface area contributed by atoms with Crippen molar-refractivity contribution in [2.45, 2.75) is 79.6 Å². The van der Waals surface area contributed by atoms with Gasteiger partial charge in [-0.25, -0.2) is 0 Å². The molecule has 0 saturated heterocycles. The van der Waals surface area contributed by atoms with E-state index in [1.807, 2.05) is 0 Å². The fourth-order valence-corrected chi connectivity index (χ4v) is 7.72. The highest BCUT2D eigenvalue weighted by Gasteiger charge is 2.59. The molecule has 0 rings (SSSR count). The first-order chi connectivity index (χ1) is 9.42. The molecule has 0 radical (unpaired) electrons. The van der Waals surface area contributed by atoms with Crippen LogP contribution in [0.5, 0.6) is 0 Å². The second-order valence-corrected chi connectivity index (χ2v) is 10.8. The fraction of sp³-hybridized carbons (Fsp3) is 1.00. The van der Waals surface area contributed by atoms with Gasteiger partial charge >= 0.3 is 7.87 Å². The molecule has 0 N–H and O–H groups in total. The zero-order valence-corrected chi connectivity index (χ0v) is 17.4. The van der Waals surface area contributed by atoms with Gasteiger partial charge in [-0.05, 0) is 55.4 Å². The summed E-state index contributed by atoms with van der Waals surface area (Å²) in [5, 5.41) is 0. The minimum Gasteiger partial charge on any atom is -0.134 e. The highest BCUT2D eigenvalue weighted by molar-refractivity contribution is 7.66. The molecule has 0 unspecified atom stereocenters. The van der Waals surface area contributed by atoms with E-state index >= 15 is 0 Å². The molecule has 128 valence electrons. The zero-order chi connectivity index (χ0) is 17.1. The van der Waals surface area contributed by atoms with Crippen molar-refractivity contribution < 1.29 is 0 Å². The maximum atomic E-state index is 2.59. The predicted octanol–water partition coefficient (Wildman–Crippen LogP) is 4.02. The normalized spacial score (nSPS) is 14.3. The first kappa shape index (κ1) is 21.3. The Kier molecular flexibility index (Phi) is 8.32. The van der Waals surface area contributed by atoms with E-state index in [0.717, 1.165) is 0 Å². The SMILES string of the molecule is CC(C)N(C)[P+](N(C)C(C)C)(N(C)C(C)C)N(C)C(C)C. The van der Waals surface area contributed by atoms with E-state index < -0.39 is 7.87 Å². The zero-order valence-electron chi connectivity index (χ0n) is 16.5. The molecular weight excluding hydrogens is 279 g/mol. The maximum Gasteiger partial charge on any atom is 0.308 e. The van der Waals surface area contributed by atoms with E-state index in [-0.39, 0.29) is 0 Å². The maximum absolute atomic E-state index is 2.59. The van der Waals surface area contributed by atoms with Gasteiger partial charge in [0, 0.05) is 52.4 Å². The monoisotopic (exact) mass is 319 g/mol. The van der Waals surface area contributed by atoms with Crippen LogP contribution in [0.1, 0.15) is 55.4 Å². The number of hydrogen-bond acceptors (Lipinski definition) is 4. The van der Waals surface area contributed by atoms with Gasteiger partial charge < -0.3 is 0 Å². The second-order valence-electron chi connectivity index (χ2n) is 7.21. The van der Waals surface area contributed by atoms with Crippen molar-refractivity contribution in [2.75, 3.05) is 28.2 Å². The Balaban J connectivity index is 6.20. The Hall–Kier alpha value is 0.270. The van der Waals surface area contributed by atoms with E-state index in [4.69, 9.17) is 0 Å². The molecule has 0 bridgehead atoms. The molecule has 0 fully saturated rings. The summed E-state index contributed by atoms with van der Waals surface area (Å²) in [5.74, 6) is 0. The van der Waals surface area contributed by atoms with Crippen LogP contribution in [0.2, 0.25) is 0 Å². The molecule has 0 aromatic carbocycles. The highest BCUT2D eigenvalue weighted by Crippen LogP contribution is 2.70. The molecule has 0 aliphatic heterocycles. The van der Waals surface area contributed by atoms with E-state index in [9.17, 15) is 0 Å². The third kappa shape index (κ3) is 4.17. The Morgan fingerprint density at radius 2 is 0.571 bits per heavy atom. The largest absolute Gasteiger partial charge is 0.308 e. The lowest BCUT2D eigenvalue weighted by Crippen LogP contribution is -2.54. The summed E-state index contributed by atoms with van der Waals surface area (Å²) in [5.41, 5.74) is 0. The molecule has 0 amide bonds. The van der Waals surface area contributed by atoms with Crippen molar-refractivity contribution in [1.82, 2.24) is 18.7 Å². The average molecular weight is 319 g/mol. The van der Waals surface area contributed by atoms with E-state index in [1.165, 1.54) is 0 Å².